The Labute approximate surface area is 92.5 Å². The van der Waals surface area contributed by atoms with Gasteiger partial charge in [-0.3, -0.25) is 0 Å². The van der Waals surface area contributed by atoms with E-state index in [0.29, 0.717) is 11.6 Å². The van der Waals surface area contributed by atoms with Crippen LogP contribution in [0.15, 0.2) is 0 Å². The highest BCUT2D eigenvalue weighted by molar-refractivity contribution is 4.95. The van der Waals surface area contributed by atoms with Crippen LogP contribution in [0.4, 0.5) is 0 Å². The third-order valence-corrected chi connectivity index (χ3v) is 3.48. The van der Waals surface area contributed by atoms with Crippen molar-refractivity contribution in [2.45, 2.75) is 57.3 Å². The van der Waals surface area contributed by atoms with E-state index in [1.54, 1.807) is 0 Å². The van der Waals surface area contributed by atoms with Crippen LogP contribution in [0.25, 0.3) is 0 Å². The van der Waals surface area contributed by atoms with Crippen molar-refractivity contribution in [3.8, 4) is 0 Å². The largest absolute Gasteiger partial charge is 0.376 e. The van der Waals surface area contributed by atoms with Crippen LogP contribution in [0, 0.1) is 0 Å². The summed E-state index contributed by atoms with van der Waals surface area (Å²) in [4.78, 5) is 0. The summed E-state index contributed by atoms with van der Waals surface area (Å²) < 4.78 is 11.4. The minimum atomic E-state index is 0.249. The van der Waals surface area contributed by atoms with Crippen molar-refractivity contribution in [3.05, 3.63) is 0 Å². The zero-order chi connectivity index (χ0) is 10.7. The van der Waals surface area contributed by atoms with Gasteiger partial charge < -0.3 is 14.8 Å². The smallest absolute Gasteiger partial charge is 0.0933 e. The number of nitrogens with one attached hydrogen (secondary N) is 1. The molecular formula is C12H23NO2. The van der Waals surface area contributed by atoms with E-state index in [4.69, 9.17) is 9.47 Å². The Bertz CT molecular complexity index is 190. The molecule has 0 bridgehead atoms. The van der Waals surface area contributed by atoms with Gasteiger partial charge in [0.2, 0.25) is 0 Å². The second-order valence-electron chi connectivity index (χ2n) is 5.18. The molecule has 1 saturated carbocycles. The fourth-order valence-corrected chi connectivity index (χ4v) is 2.50. The Kier molecular flexibility index (Phi) is 3.65. The molecule has 2 aliphatic rings. The first-order chi connectivity index (χ1) is 7.20. The van der Waals surface area contributed by atoms with Gasteiger partial charge in [-0.1, -0.05) is 12.8 Å². The van der Waals surface area contributed by atoms with Crippen molar-refractivity contribution in [1.82, 2.24) is 5.32 Å². The van der Waals surface area contributed by atoms with Gasteiger partial charge in [0.05, 0.1) is 25.4 Å². The summed E-state index contributed by atoms with van der Waals surface area (Å²) in [5, 5.41) is 3.66. The second-order valence-corrected chi connectivity index (χ2v) is 5.18. The summed E-state index contributed by atoms with van der Waals surface area (Å²) in [5.41, 5.74) is 0.314. The third-order valence-electron chi connectivity index (χ3n) is 3.48. The van der Waals surface area contributed by atoms with Gasteiger partial charge in [0, 0.05) is 12.1 Å². The van der Waals surface area contributed by atoms with Crippen LogP contribution in [-0.4, -0.2) is 37.5 Å². The van der Waals surface area contributed by atoms with Crippen LogP contribution >= 0.6 is 0 Å². The highest BCUT2D eigenvalue weighted by Crippen LogP contribution is 2.31. The Morgan fingerprint density at radius 2 is 2.13 bits per heavy atom. The van der Waals surface area contributed by atoms with E-state index < -0.39 is 0 Å². The molecule has 1 spiro atoms. The lowest BCUT2D eigenvalue weighted by Gasteiger charge is -2.38. The molecule has 0 aromatic heterocycles. The number of hydrogen-bond acceptors (Lipinski definition) is 3. The summed E-state index contributed by atoms with van der Waals surface area (Å²) in [6.45, 7) is 6.68. The minimum absolute atomic E-state index is 0.249. The zero-order valence-corrected chi connectivity index (χ0v) is 9.92. The molecular weight excluding hydrogens is 190 g/mol. The predicted octanol–water partition coefficient (Wildman–Crippen LogP) is 1.71. The van der Waals surface area contributed by atoms with Crippen LogP contribution in [0.5, 0.6) is 0 Å². The average molecular weight is 213 g/mol. The van der Waals surface area contributed by atoms with Crippen LogP contribution in [-0.2, 0) is 9.47 Å². The molecule has 1 aliphatic carbocycles. The molecule has 88 valence electrons. The van der Waals surface area contributed by atoms with Crippen LogP contribution in [0.1, 0.15) is 39.5 Å². The molecule has 3 heteroatoms. The zero-order valence-electron chi connectivity index (χ0n) is 9.92. The highest BCUT2D eigenvalue weighted by Gasteiger charge is 2.37. The molecule has 1 saturated heterocycles. The molecule has 1 unspecified atom stereocenters. The summed E-state index contributed by atoms with van der Waals surface area (Å²) in [7, 11) is 0. The molecule has 1 atom stereocenters. The van der Waals surface area contributed by atoms with E-state index in [9.17, 15) is 0 Å². The molecule has 3 nitrogen and oxygen atoms in total. The van der Waals surface area contributed by atoms with E-state index in [1.165, 1.54) is 25.7 Å². The molecule has 1 N–H and O–H groups in total. The first kappa shape index (κ1) is 11.4. The molecule has 1 heterocycles. The fraction of sp³-hybridized carbons (Fsp3) is 1.00. The van der Waals surface area contributed by atoms with E-state index in [1.807, 2.05) is 0 Å². The van der Waals surface area contributed by atoms with Gasteiger partial charge in [-0.15, -0.1) is 0 Å². The monoisotopic (exact) mass is 213 g/mol. The van der Waals surface area contributed by atoms with Gasteiger partial charge in [0.25, 0.3) is 0 Å². The number of morpholine rings is 1. The minimum Gasteiger partial charge on any atom is -0.376 e. The molecule has 15 heavy (non-hydrogen) atoms. The molecule has 0 aromatic carbocycles. The molecule has 2 rings (SSSR count). The highest BCUT2D eigenvalue weighted by atomic mass is 16.5. The molecule has 0 radical (unpaired) electrons. The summed E-state index contributed by atoms with van der Waals surface area (Å²) >= 11 is 0. The second kappa shape index (κ2) is 4.81. The van der Waals surface area contributed by atoms with E-state index in [-0.39, 0.29) is 6.10 Å². The van der Waals surface area contributed by atoms with Crippen molar-refractivity contribution in [1.29, 1.82) is 0 Å². The van der Waals surface area contributed by atoms with Crippen molar-refractivity contribution in [2.24, 2.45) is 0 Å². The molecule has 0 aromatic rings. The Hall–Kier alpha value is -0.120. The lowest BCUT2D eigenvalue weighted by molar-refractivity contribution is -0.0794. The molecule has 1 aliphatic heterocycles. The third kappa shape index (κ3) is 2.92. The van der Waals surface area contributed by atoms with E-state index in [0.717, 1.165) is 19.8 Å². The van der Waals surface area contributed by atoms with Crippen molar-refractivity contribution in [3.63, 3.8) is 0 Å². The Balaban J connectivity index is 1.72. The van der Waals surface area contributed by atoms with Crippen molar-refractivity contribution in [2.75, 3.05) is 19.8 Å². The van der Waals surface area contributed by atoms with Crippen molar-refractivity contribution >= 4 is 0 Å². The van der Waals surface area contributed by atoms with Gasteiger partial charge >= 0.3 is 0 Å². The van der Waals surface area contributed by atoms with Gasteiger partial charge in [-0.25, -0.2) is 0 Å². The van der Waals surface area contributed by atoms with Crippen molar-refractivity contribution < 1.29 is 9.47 Å². The number of rotatable bonds is 3. The van der Waals surface area contributed by atoms with Crippen LogP contribution in [0.2, 0.25) is 0 Å². The summed E-state index contributed by atoms with van der Waals surface area (Å²) in [6, 6.07) is 0. The molecule has 0 amide bonds. The van der Waals surface area contributed by atoms with Gasteiger partial charge in [0.15, 0.2) is 0 Å². The predicted molar refractivity (Wildman–Crippen MR) is 60.0 cm³/mol. The van der Waals surface area contributed by atoms with Crippen LogP contribution < -0.4 is 5.32 Å². The van der Waals surface area contributed by atoms with E-state index in [2.05, 4.69) is 19.2 Å². The lowest BCUT2D eigenvalue weighted by Crippen LogP contribution is -2.56. The first-order valence-corrected chi connectivity index (χ1v) is 6.18. The maximum absolute atomic E-state index is 5.88. The quantitative estimate of drug-likeness (QED) is 0.774. The number of hydrogen-bond donors (Lipinski definition) is 1. The Morgan fingerprint density at radius 3 is 2.67 bits per heavy atom. The van der Waals surface area contributed by atoms with Gasteiger partial charge in [-0.05, 0) is 26.7 Å². The first-order valence-electron chi connectivity index (χ1n) is 6.18. The van der Waals surface area contributed by atoms with Gasteiger partial charge in [-0.2, -0.15) is 0 Å². The van der Waals surface area contributed by atoms with Gasteiger partial charge in [0.1, 0.15) is 0 Å². The fourth-order valence-electron chi connectivity index (χ4n) is 2.50. The SMILES string of the molecule is CC(C)OCC1CNC2(CCCC2)CO1. The van der Waals surface area contributed by atoms with Crippen LogP contribution in [0.3, 0.4) is 0 Å². The summed E-state index contributed by atoms with van der Waals surface area (Å²) in [5.74, 6) is 0. The maximum Gasteiger partial charge on any atom is 0.0933 e. The maximum atomic E-state index is 5.88. The molecule has 2 fully saturated rings. The Morgan fingerprint density at radius 1 is 1.40 bits per heavy atom. The number of ether oxygens (including phenoxy) is 2. The standard InChI is InChI=1S/C12H23NO2/c1-10(2)14-8-11-7-13-12(9-15-11)5-3-4-6-12/h10-11,13H,3-9H2,1-2H3. The average Bonchev–Trinajstić information content (AvgIpc) is 2.66. The van der Waals surface area contributed by atoms with E-state index >= 15 is 0 Å². The normalized spacial score (nSPS) is 30.2. The lowest BCUT2D eigenvalue weighted by atomic mass is 9.97. The summed E-state index contributed by atoms with van der Waals surface area (Å²) in [6.07, 6.45) is 5.82. The topological polar surface area (TPSA) is 30.5 Å².